The van der Waals surface area contributed by atoms with Crippen LogP contribution in [0.25, 0.3) is 10.9 Å². The molecule has 4 rings (SSSR count). The van der Waals surface area contributed by atoms with E-state index in [9.17, 15) is 0 Å². The van der Waals surface area contributed by atoms with Gasteiger partial charge >= 0.3 is 0 Å². The highest BCUT2D eigenvalue weighted by Crippen LogP contribution is 2.31. The van der Waals surface area contributed by atoms with Gasteiger partial charge in [-0.1, -0.05) is 42.5 Å². The number of nitrogen functional groups attached to an aromatic ring is 1. The molecule has 0 spiro atoms. The molecule has 0 aliphatic rings. The average molecular weight is 389 g/mol. The SMILES string of the molecule is CC(SCc1cccc2cccnc12)c1nc(N)nc(Nc2ccccc2)n1. The van der Waals surface area contributed by atoms with Crippen molar-refractivity contribution < 1.29 is 0 Å². The maximum absolute atomic E-state index is 5.91. The standard InChI is InChI=1S/C21H20N6S/c1-14(28-13-16-8-5-7-15-9-6-12-23-18(15)16)19-25-20(22)27-21(26-19)24-17-10-3-2-4-11-17/h2-12,14H,13H2,1H3,(H3,22,24,25,26,27). The predicted molar refractivity (Wildman–Crippen MR) is 115 cm³/mol. The van der Waals surface area contributed by atoms with Gasteiger partial charge in [-0.05, 0) is 30.7 Å². The Morgan fingerprint density at radius 3 is 2.64 bits per heavy atom. The lowest BCUT2D eigenvalue weighted by molar-refractivity contribution is 0.896. The molecule has 6 nitrogen and oxygen atoms in total. The van der Waals surface area contributed by atoms with Gasteiger partial charge in [-0.3, -0.25) is 4.98 Å². The summed E-state index contributed by atoms with van der Waals surface area (Å²) in [5, 5.41) is 4.38. The van der Waals surface area contributed by atoms with Crippen LogP contribution in [-0.2, 0) is 5.75 Å². The molecular formula is C21H20N6S. The number of hydrogen-bond acceptors (Lipinski definition) is 7. The molecule has 3 N–H and O–H groups in total. The van der Waals surface area contributed by atoms with E-state index in [-0.39, 0.29) is 11.2 Å². The second-order valence-electron chi connectivity index (χ2n) is 6.31. The fraction of sp³-hybridized carbons (Fsp3) is 0.143. The van der Waals surface area contributed by atoms with Gasteiger partial charge in [0.15, 0.2) is 0 Å². The number of anilines is 3. The number of pyridine rings is 1. The lowest BCUT2D eigenvalue weighted by Crippen LogP contribution is -2.08. The molecule has 0 saturated carbocycles. The van der Waals surface area contributed by atoms with Crippen LogP contribution in [0.4, 0.5) is 17.6 Å². The number of fused-ring (bicyclic) bond motifs is 1. The average Bonchev–Trinajstić information content (AvgIpc) is 2.72. The van der Waals surface area contributed by atoms with Crippen molar-refractivity contribution in [1.82, 2.24) is 19.9 Å². The van der Waals surface area contributed by atoms with E-state index in [0.717, 1.165) is 22.3 Å². The third-order valence-electron chi connectivity index (χ3n) is 4.27. The molecule has 0 saturated heterocycles. The lowest BCUT2D eigenvalue weighted by Gasteiger charge is -2.13. The molecule has 2 heterocycles. The summed E-state index contributed by atoms with van der Waals surface area (Å²) in [5.74, 6) is 2.13. The highest BCUT2D eigenvalue weighted by molar-refractivity contribution is 7.98. The van der Waals surface area contributed by atoms with Crippen molar-refractivity contribution in [3.8, 4) is 0 Å². The molecule has 2 aromatic carbocycles. The number of benzene rings is 2. The quantitative estimate of drug-likeness (QED) is 0.493. The van der Waals surface area contributed by atoms with Gasteiger partial charge in [-0.25, -0.2) is 0 Å². The zero-order valence-corrected chi connectivity index (χ0v) is 16.2. The maximum Gasteiger partial charge on any atom is 0.232 e. The summed E-state index contributed by atoms with van der Waals surface area (Å²) in [7, 11) is 0. The van der Waals surface area contributed by atoms with Crippen molar-refractivity contribution >= 4 is 40.2 Å². The van der Waals surface area contributed by atoms with Crippen molar-refractivity contribution in [3.05, 3.63) is 78.2 Å². The minimum absolute atomic E-state index is 0.0561. The van der Waals surface area contributed by atoms with E-state index >= 15 is 0 Å². The smallest absolute Gasteiger partial charge is 0.232 e. The van der Waals surface area contributed by atoms with Crippen LogP contribution >= 0.6 is 11.8 Å². The topological polar surface area (TPSA) is 89.6 Å². The number of thioether (sulfide) groups is 1. The van der Waals surface area contributed by atoms with E-state index in [1.807, 2.05) is 42.6 Å². The monoisotopic (exact) mass is 388 g/mol. The van der Waals surface area contributed by atoms with Crippen LogP contribution in [0.3, 0.4) is 0 Å². The first kappa shape index (κ1) is 18.2. The fourth-order valence-electron chi connectivity index (χ4n) is 2.87. The Morgan fingerprint density at radius 2 is 1.79 bits per heavy atom. The summed E-state index contributed by atoms with van der Waals surface area (Å²) in [6.07, 6.45) is 1.83. The summed E-state index contributed by atoms with van der Waals surface area (Å²) >= 11 is 1.75. The minimum Gasteiger partial charge on any atom is -0.368 e. The number of hydrogen-bond donors (Lipinski definition) is 2. The first-order valence-electron chi connectivity index (χ1n) is 8.97. The number of nitrogens with zero attached hydrogens (tertiary/aromatic N) is 4. The van der Waals surface area contributed by atoms with Crippen molar-refractivity contribution in [3.63, 3.8) is 0 Å². The Morgan fingerprint density at radius 1 is 0.964 bits per heavy atom. The zero-order chi connectivity index (χ0) is 19.3. The van der Waals surface area contributed by atoms with E-state index in [1.165, 1.54) is 5.56 Å². The van der Waals surface area contributed by atoms with Gasteiger partial charge in [0.2, 0.25) is 11.9 Å². The molecule has 0 aliphatic carbocycles. The van der Waals surface area contributed by atoms with Crippen LogP contribution in [0.2, 0.25) is 0 Å². The zero-order valence-electron chi connectivity index (χ0n) is 15.4. The van der Waals surface area contributed by atoms with Crippen LogP contribution in [0.1, 0.15) is 23.6 Å². The lowest BCUT2D eigenvalue weighted by atomic mass is 10.1. The molecule has 2 aromatic heterocycles. The molecule has 0 amide bonds. The summed E-state index contributed by atoms with van der Waals surface area (Å²) in [5.41, 5.74) is 9.04. The predicted octanol–water partition coefficient (Wildman–Crippen LogP) is 4.74. The van der Waals surface area contributed by atoms with E-state index in [0.29, 0.717) is 11.8 Å². The van der Waals surface area contributed by atoms with Crippen LogP contribution in [0.15, 0.2) is 66.9 Å². The van der Waals surface area contributed by atoms with Gasteiger partial charge in [0.05, 0.1) is 10.8 Å². The third-order valence-corrected chi connectivity index (χ3v) is 5.46. The number of nitrogens with two attached hydrogens (primary N) is 1. The first-order chi connectivity index (χ1) is 13.7. The van der Waals surface area contributed by atoms with Crippen LogP contribution < -0.4 is 11.1 Å². The largest absolute Gasteiger partial charge is 0.368 e. The van der Waals surface area contributed by atoms with Crippen LogP contribution in [-0.4, -0.2) is 19.9 Å². The third kappa shape index (κ3) is 4.20. The Balaban J connectivity index is 1.50. The second-order valence-corrected chi connectivity index (χ2v) is 7.64. The van der Waals surface area contributed by atoms with Crippen molar-refractivity contribution in [2.75, 3.05) is 11.1 Å². The molecule has 1 unspecified atom stereocenters. The van der Waals surface area contributed by atoms with E-state index in [2.05, 4.69) is 56.4 Å². The minimum atomic E-state index is 0.0561. The van der Waals surface area contributed by atoms with Crippen molar-refractivity contribution in [2.45, 2.75) is 17.9 Å². The van der Waals surface area contributed by atoms with Crippen LogP contribution in [0, 0.1) is 0 Å². The molecule has 0 fully saturated rings. The van der Waals surface area contributed by atoms with Gasteiger partial charge in [-0.2, -0.15) is 15.0 Å². The van der Waals surface area contributed by atoms with Gasteiger partial charge in [0.25, 0.3) is 0 Å². The Bertz CT molecular complexity index is 1080. The molecule has 7 heteroatoms. The number of aromatic nitrogens is 4. The molecule has 1 atom stereocenters. The molecule has 140 valence electrons. The number of nitrogens with one attached hydrogen (secondary N) is 1. The molecule has 4 aromatic rings. The highest BCUT2D eigenvalue weighted by Gasteiger charge is 2.14. The maximum atomic E-state index is 5.91. The van der Waals surface area contributed by atoms with E-state index in [1.54, 1.807) is 11.8 Å². The number of rotatable bonds is 6. The summed E-state index contributed by atoms with van der Waals surface area (Å²) in [6.45, 7) is 2.07. The molecule has 0 radical (unpaired) electrons. The molecule has 0 aliphatic heterocycles. The van der Waals surface area contributed by atoms with Gasteiger partial charge < -0.3 is 11.1 Å². The molecular weight excluding hydrogens is 368 g/mol. The second kappa shape index (κ2) is 8.22. The van der Waals surface area contributed by atoms with E-state index < -0.39 is 0 Å². The molecule has 28 heavy (non-hydrogen) atoms. The van der Waals surface area contributed by atoms with Gasteiger partial charge in [-0.15, -0.1) is 11.8 Å². The van der Waals surface area contributed by atoms with E-state index in [4.69, 9.17) is 5.73 Å². The fourth-order valence-corrected chi connectivity index (χ4v) is 3.79. The summed E-state index contributed by atoms with van der Waals surface area (Å²) < 4.78 is 0. The van der Waals surface area contributed by atoms with Crippen LogP contribution in [0.5, 0.6) is 0 Å². The van der Waals surface area contributed by atoms with Gasteiger partial charge in [0, 0.05) is 23.0 Å². The Kier molecular flexibility index (Phi) is 5.34. The highest BCUT2D eigenvalue weighted by atomic mass is 32.2. The Labute approximate surface area is 167 Å². The summed E-state index contributed by atoms with van der Waals surface area (Å²) in [4.78, 5) is 17.6. The Hall–Kier alpha value is -3.19. The van der Waals surface area contributed by atoms with Crippen molar-refractivity contribution in [1.29, 1.82) is 0 Å². The first-order valence-corrected chi connectivity index (χ1v) is 10.0. The summed E-state index contributed by atoms with van der Waals surface area (Å²) in [6, 6.07) is 20.0. The number of para-hydroxylation sites is 2. The molecule has 0 bridgehead atoms. The normalized spacial score (nSPS) is 12.0. The van der Waals surface area contributed by atoms with Gasteiger partial charge in [0.1, 0.15) is 5.82 Å². The van der Waals surface area contributed by atoms with Crippen molar-refractivity contribution in [2.24, 2.45) is 0 Å².